The minimum absolute atomic E-state index is 0.194. The molecule has 4 aliphatic carbocycles. The molecule has 15 unspecified atom stereocenters. The van der Waals surface area contributed by atoms with Crippen LogP contribution in [0.15, 0.2) is 12.2 Å². The van der Waals surface area contributed by atoms with Crippen molar-refractivity contribution in [2.75, 3.05) is 19.8 Å². The standard InChI is InChI=1S/C43H67NO10/c1-23(2)7-6-8-24(3)28-11-12-29-27-10-9-25-19-26(13-15-40(25,4)30(27)14-16-41(28,29)5)44-37(50)32-33(38(44)51)43(18-17-42(32,21-46)54-43)22-52-39-36(49)35(48)34(47)31(20-45)53-39/h17-18,23-36,39,45-49H,6-16,19-22H2,1-5H3/t24?,25?,26?,27?,28?,29?,30?,31?,32?,33?,34-,35-,36?,39+,40?,41?,42?,43?/m0/s1. The third-order valence-electron chi connectivity index (χ3n) is 17.2. The Labute approximate surface area is 321 Å². The summed E-state index contributed by atoms with van der Waals surface area (Å²) in [5, 5.41) is 51.4. The van der Waals surface area contributed by atoms with E-state index in [9.17, 15) is 35.1 Å². The second-order valence-electron chi connectivity index (χ2n) is 20.1. The lowest BCUT2D eigenvalue weighted by Crippen LogP contribution is -2.60. The highest BCUT2D eigenvalue weighted by Gasteiger charge is 2.74. The van der Waals surface area contributed by atoms with Crippen LogP contribution in [0.25, 0.3) is 0 Å². The van der Waals surface area contributed by atoms with Crippen LogP contribution in [0.4, 0.5) is 0 Å². The smallest absolute Gasteiger partial charge is 0.236 e. The molecule has 4 aliphatic heterocycles. The molecule has 0 aromatic rings. The lowest BCUT2D eigenvalue weighted by atomic mass is 9.44. The molecule has 2 amide bonds. The summed E-state index contributed by atoms with van der Waals surface area (Å²) in [4.78, 5) is 30.5. The van der Waals surface area contributed by atoms with Gasteiger partial charge in [0.15, 0.2) is 6.29 Å². The molecule has 304 valence electrons. The number of nitrogens with zero attached hydrogens (tertiary/aromatic N) is 1. The monoisotopic (exact) mass is 757 g/mol. The van der Waals surface area contributed by atoms with E-state index in [0.717, 1.165) is 55.3 Å². The predicted molar refractivity (Wildman–Crippen MR) is 198 cm³/mol. The van der Waals surface area contributed by atoms with Crippen LogP contribution in [-0.2, 0) is 23.8 Å². The fraction of sp³-hybridized carbons (Fsp3) is 0.907. The van der Waals surface area contributed by atoms with Crippen molar-refractivity contribution in [3.63, 3.8) is 0 Å². The third kappa shape index (κ3) is 5.78. The molecular weight excluding hydrogens is 690 g/mol. The number of aliphatic hydroxyl groups excluding tert-OH is 5. The minimum Gasteiger partial charge on any atom is -0.394 e. The van der Waals surface area contributed by atoms with E-state index in [1.54, 1.807) is 12.2 Å². The van der Waals surface area contributed by atoms with E-state index >= 15 is 0 Å². The van der Waals surface area contributed by atoms with E-state index in [2.05, 4.69) is 34.6 Å². The van der Waals surface area contributed by atoms with Crippen LogP contribution in [0.3, 0.4) is 0 Å². The van der Waals surface area contributed by atoms with Crippen LogP contribution in [-0.4, -0.2) is 110 Å². The van der Waals surface area contributed by atoms with Crippen molar-refractivity contribution in [3.05, 3.63) is 12.2 Å². The quantitative estimate of drug-likeness (QED) is 0.154. The highest BCUT2D eigenvalue weighted by Crippen LogP contribution is 2.69. The molecule has 2 bridgehead atoms. The van der Waals surface area contributed by atoms with Gasteiger partial charge in [-0.2, -0.15) is 0 Å². The van der Waals surface area contributed by atoms with Gasteiger partial charge in [-0.15, -0.1) is 0 Å². The van der Waals surface area contributed by atoms with Crippen LogP contribution in [0.1, 0.15) is 112 Å². The largest absolute Gasteiger partial charge is 0.394 e. The van der Waals surface area contributed by atoms with Gasteiger partial charge in [0, 0.05) is 6.04 Å². The number of aliphatic hydroxyl groups is 5. The first-order valence-electron chi connectivity index (χ1n) is 21.4. The van der Waals surface area contributed by atoms with Gasteiger partial charge in [0.1, 0.15) is 35.6 Å². The molecule has 4 heterocycles. The van der Waals surface area contributed by atoms with Gasteiger partial charge in [-0.05, 0) is 110 Å². The second kappa shape index (κ2) is 14.1. The Hall–Kier alpha value is -1.44. The van der Waals surface area contributed by atoms with Gasteiger partial charge in [0.2, 0.25) is 11.8 Å². The average molecular weight is 758 g/mol. The predicted octanol–water partition coefficient (Wildman–Crippen LogP) is 3.96. The summed E-state index contributed by atoms with van der Waals surface area (Å²) >= 11 is 0. The summed E-state index contributed by atoms with van der Waals surface area (Å²) in [6.07, 6.45) is 10.3. The highest BCUT2D eigenvalue weighted by atomic mass is 16.7. The molecule has 8 rings (SSSR count). The topological polar surface area (TPSA) is 166 Å². The molecule has 54 heavy (non-hydrogen) atoms. The molecule has 0 radical (unpaired) electrons. The molecule has 0 aromatic carbocycles. The number of rotatable bonds is 11. The summed E-state index contributed by atoms with van der Waals surface area (Å²) in [5.41, 5.74) is -2.13. The third-order valence-corrected chi connectivity index (χ3v) is 17.2. The molecule has 0 aromatic heterocycles. The Balaban J connectivity index is 0.952. The fourth-order valence-corrected chi connectivity index (χ4v) is 14.3. The van der Waals surface area contributed by atoms with Crippen molar-refractivity contribution >= 4 is 11.8 Å². The van der Waals surface area contributed by atoms with Crippen molar-refractivity contribution < 1.29 is 49.3 Å². The van der Waals surface area contributed by atoms with Crippen LogP contribution in [0, 0.1) is 64.1 Å². The van der Waals surface area contributed by atoms with Gasteiger partial charge in [-0.1, -0.05) is 66.0 Å². The number of ether oxygens (including phenoxy) is 3. The number of hydrogen-bond donors (Lipinski definition) is 5. The average Bonchev–Trinajstić information content (AvgIpc) is 3.86. The zero-order chi connectivity index (χ0) is 38.5. The maximum atomic E-state index is 14.5. The van der Waals surface area contributed by atoms with Gasteiger partial charge in [-0.25, -0.2) is 0 Å². The Bertz CT molecular complexity index is 1470. The number of likely N-dealkylation sites (tertiary alicyclic amines) is 1. The summed E-state index contributed by atoms with van der Waals surface area (Å²) in [6, 6.07) is -0.208. The first-order chi connectivity index (χ1) is 25.6. The van der Waals surface area contributed by atoms with Gasteiger partial charge < -0.3 is 39.7 Å². The van der Waals surface area contributed by atoms with Gasteiger partial charge in [0.25, 0.3) is 0 Å². The SMILES string of the molecule is CC(C)CCCC(C)C1CCC2C3CCC4CC(N5C(=O)C6C(C5=O)C5(CO[C@@H]7OC(CO)[C@H](O)[C@H](O)C7O)C=CC6(CO)O5)CCC4(C)C3CCC12C. The zero-order valence-electron chi connectivity index (χ0n) is 33.1. The fourth-order valence-electron chi connectivity index (χ4n) is 14.3. The Morgan fingerprint density at radius 2 is 1.52 bits per heavy atom. The van der Waals surface area contributed by atoms with Crippen LogP contribution < -0.4 is 0 Å². The first kappa shape index (κ1) is 39.4. The van der Waals surface area contributed by atoms with E-state index in [4.69, 9.17) is 14.2 Å². The molecule has 5 N–H and O–H groups in total. The van der Waals surface area contributed by atoms with Gasteiger partial charge in [0.05, 0.1) is 31.7 Å². The summed E-state index contributed by atoms with van der Waals surface area (Å²) in [7, 11) is 0. The van der Waals surface area contributed by atoms with Gasteiger partial charge in [-0.3, -0.25) is 14.5 Å². The number of hydrogen-bond acceptors (Lipinski definition) is 10. The van der Waals surface area contributed by atoms with Crippen LogP contribution >= 0.6 is 0 Å². The van der Waals surface area contributed by atoms with Crippen molar-refractivity contribution in [2.24, 2.45) is 64.1 Å². The lowest BCUT2D eigenvalue weighted by Gasteiger charge is -2.61. The Morgan fingerprint density at radius 1 is 0.833 bits per heavy atom. The van der Waals surface area contributed by atoms with Crippen molar-refractivity contribution in [1.29, 1.82) is 0 Å². The molecule has 3 saturated heterocycles. The number of carbonyl (C=O) groups is 2. The van der Waals surface area contributed by atoms with Crippen LogP contribution in [0.5, 0.6) is 0 Å². The second-order valence-corrected chi connectivity index (χ2v) is 20.1. The number of carbonyl (C=O) groups excluding carboxylic acids is 2. The molecule has 7 fully saturated rings. The minimum atomic E-state index is -1.62. The number of fused-ring (bicyclic) bond motifs is 10. The molecule has 4 saturated carbocycles. The maximum Gasteiger partial charge on any atom is 0.236 e. The Kier molecular flexibility index (Phi) is 10.3. The molecular formula is C43H67NO10. The molecule has 11 heteroatoms. The van der Waals surface area contributed by atoms with Crippen LogP contribution in [0.2, 0.25) is 0 Å². The molecule has 18 atom stereocenters. The van der Waals surface area contributed by atoms with E-state index in [-0.39, 0.29) is 29.9 Å². The summed E-state index contributed by atoms with van der Waals surface area (Å²) in [6.45, 7) is 11.0. The van der Waals surface area contributed by atoms with Gasteiger partial charge >= 0.3 is 0 Å². The first-order valence-corrected chi connectivity index (χ1v) is 21.4. The van der Waals surface area contributed by atoms with E-state index in [0.29, 0.717) is 17.3 Å². The van der Waals surface area contributed by atoms with E-state index in [1.807, 2.05) is 0 Å². The normalized spacial score (nSPS) is 51.4. The van der Waals surface area contributed by atoms with Crippen molar-refractivity contribution in [2.45, 2.75) is 160 Å². The Morgan fingerprint density at radius 3 is 2.22 bits per heavy atom. The molecule has 0 spiro atoms. The molecule has 8 aliphatic rings. The number of imide groups is 1. The molecule has 11 nitrogen and oxygen atoms in total. The lowest BCUT2D eigenvalue weighted by molar-refractivity contribution is -0.308. The number of amides is 2. The van der Waals surface area contributed by atoms with E-state index in [1.165, 1.54) is 56.3 Å². The van der Waals surface area contributed by atoms with E-state index < -0.39 is 67.0 Å². The zero-order valence-corrected chi connectivity index (χ0v) is 33.1. The highest BCUT2D eigenvalue weighted by molar-refractivity contribution is 6.08. The maximum absolute atomic E-state index is 14.5. The van der Waals surface area contributed by atoms with Crippen molar-refractivity contribution in [1.82, 2.24) is 4.90 Å². The summed E-state index contributed by atoms with van der Waals surface area (Å²) in [5.74, 6) is 2.63. The summed E-state index contributed by atoms with van der Waals surface area (Å²) < 4.78 is 17.9. The van der Waals surface area contributed by atoms with Crippen molar-refractivity contribution in [3.8, 4) is 0 Å².